The van der Waals surface area contributed by atoms with Crippen LogP contribution in [0.15, 0.2) is 30.3 Å². The SMILES string of the molecule is O[Si](F)(F)c1ccccc1. The summed E-state index contributed by atoms with van der Waals surface area (Å²) in [5.74, 6) is 0. The van der Waals surface area contributed by atoms with Crippen molar-refractivity contribution in [3.05, 3.63) is 30.3 Å². The van der Waals surface area contributed by atoms with Gasteiger partial charge in [-0.05, 0) is 0 Å². The largest absolute Gasteiger partial charge is 0.611 e. The third kappa shape index (κ3) is 1.62. The number of hydrogen-bond acceptors (Lipinski definition) is 1. The van der Waals surface area contributed by atoms with Gasteiger partial charge in [-0.25, -0.2) is 8.22 Å². The van der Waals surface area contributed by atoms with Gasteiger partial charge in [0.25, 0.3) is 0 Å². The second-order valence-electron chi connectivity index (χ2n) is 1.91. The van der Waals surface area contributed by atoms with E-state index in [9.17, 15) is 8.22 Å². The molecule has 1 rings (SSSR count). The lowest BCUT2D eigenvalue weighted by Gasteiger charge is -2.02. The van der Waals surface area contributed by atoms with Crippen molar-refractivity contribution >= 4 is 14.2 Å². The van der Waals surface area contributed by atoms with Gasteiger partial charge in [0.1, 0.15) is 0 Å². The summed E-state index contributed by atoms with van der Waals surface area (Å²) in [6.45, 7) is 0. The molecule has 1 aromatic carbocycles. The van der Waals surface area contributed by atoms with Gasteiger partial charge >= 0.3 is 8.99 Å². The van der Waals surface area contributed by atoms with Crippen LogP contribution in [0.2, 0.25) is 0 Å². The quantitative estimate of drug-likeness (QED) is 0.475. The molecule has 0 aliphatic rings. The molecule has 0 bridgehead atoms. The molecule has 0 aliphatic carbocycles. The third-order valence-corrected chi connectivity index (χ3v) is 2.15. The van der Waals surface area contributed by atoms with Gasteiger partial charge in [0, 0.05) is 5.19 Å². The van der Waals surface area contributed by atoms with Crippen LogP contribution in [0.25, 0.3) is 0 Å². The summed E-state index contributed by atoms with van der Waals surface area (Å²) in [5.41, 5.74) is 0. The van der Waals surface area contributed by atoms with Crippen molar-refractivity contribution in [3.63, 3.8) is 0 Å². The van der Waals surface area contributed by atoms with E-state index in [2.05, 4.69) is 0 Å². The van der Waals surface area contributed by atoms with Crippen molar-refractivity contribution in [1.82, 2.24) is 0 Å². The Balaban J connectivity index is 2.97. The van der Waals surface area contributed by atoms with Gasteiger partial charge in [-0.3, -0.25) is 0 Å². The summed E-state index contributed by atoms with van der Waals surface area (Å²) >= 11 is 0. The predicted molar refractivity (Wildman–Crippen MR) is 36.3 cm³/mol. The van der Waals surface area contributed by atoms with Crippen molar-refractivity contribution in [2.75, 3.05) is 0 Å². The molecule has 0 fully saturated rings. The van der Waals surface area contributed by atoms with E-state index in [1.54, 1.807) is 6.07 Å². The van der Waals surface area contributed by atoms with Gasteiger partial charge in [-0.2, -0.15) is 0 Å². The van der Waals surface area contributed by atoms with Crippen LogP contribution in [0.4, 0.5) is 8.22 Å². The van der Waals surface area contributed by atoms with Crippen LogP contribution in [0.1, 0.15) is 0 Å². The Bertz CT molecular complexity index is 207. The molecule has 4 heteroatoms. The summed E-state index contributed by atoms with van der Waals surface area (Å²) in [5, 5.41) is -0.241. The smallest absolute Gasteiger partial charge is 0.381 e. The summed E-state index contributed by atoms with van der Waals surface area (Å²) in [7, 11) is -5.03. The Hall–Kier alpha value is -0.743. The predicted octanol–water partition coefficient (Wildman–Crippen LogP) is 0.764. The van der Waals surface area contributed by atoms with Crippen LogP contribution < -0.4 is 5.19 Å². The Kier molecular flexibility index (Phi) is 1.82. The van der Waals surface area contributed by atoms with E-state index >= 15 is 0 Å². The van der Waals surface area contributed by atoms with Crippen LogP contribution in [0, 0.1) is 0 Å². The Morgan fingerprint density at radius 1 is 1.10 bits per heavy atom. The van der Waals surface area contributed by atoms with Gasteiger partial charge in [0.05, 0.1) is 0 Å². The first-order valence-electron chi connectivity index (χ1n) is 2.76. The maximum absolute atomic E-state index is 12.1. The highest BCUT2D eigenvalue weighted by Gasteiger charge is 2.35. The number of rotatable bonds is 1. The van der Waals surface area contributed by atoms with Crippen molar-refractivity contribution < 1.29 is 13.0 Å². The Labute approximate surface area is 58.4 Å². The van der Waals surface area contributed by atoms with Gasteiger partial charge in [0.15, 0.2) is 0 Å². The standard InChI is InChI=1S/C6H6F2OSi/c7-10(8,9)6-4-2-1-3-5-6/h1-5,9H. The molecule has 0 heterocycles. The molecule has 1 aromatic rings. The number of hydrogen-bond donors (Lipinski definition) is 1. The molecule has 54 valence electrons. The molecule has 0 saturated heterocycles. The molecule has 0 spiro atoms. The molecule has 0 aliphatic heterocycles. The van der Waals surface area contributed by atoms with Gasteiger partial charge in [-0.15, -0.1) is 0 Å². The minimum absolute atomic E-state index is 0.241. The first-order chi connectivity index (χ1) is 4.61. The van der Waals surface area contributed by atoms with Gasteiger partial charge in [-0.1, -0.05) is 30.3 Å². The van der Waals surface area contributed by atoms with Crippen molar-refractivity contribution in [1.29, 1.82) is 0 Å². The van der Waals surface area contributed by atoms with E-state index in [4.69, 9.17) is 4.80 Å². The first-order valence-corrected chi connectivity index (χ1v) is 4.47. The molecule has 0 amide bonds. The zero-order chi connectivity index (χ0) is 7.61. The molecule has 1 N–H and O–H groups in total. The van der Waals surface area contributed by atoms with E-state index in [1.807, 2.05) is 0 Å². The Morgan fingerprint density at radius 3 is 1.90 bits per heavy atom. The molecular weight excluding hydrogens is 154 g/mol. The average molecular weight is 160 g/mol. The molecule has 10 heavy (non-hydrogen) atoms. The van der Waals surface area contributed by atoms with E-state index in [-0.39, 0.29) is 5.19 Å². The molecule has 1 nitrogen and oxygen atoms in total. The lowest BCUT2D eigenvalue weighted by molar-refractivity contribution is 0.388. The van der Waals surface area contributed by atoms with Crippen LogP contribution in [0.5, 0.6) is 0 Å². The highest BCUT2D eigenvalue weighted by molar-refractivity contribution is 6.72. The van der Waals surface area contributed by atoms with Crippen LogP contribution in [-0.4, -0.2) is 13.8 Å². The Morgan fingerprint density at radius 2 is 1.60 bits per heavy atom. The minimum Gasteiger partial charge on any atom is -0.381 e. The third-order valence-electron chi connectivity index (χ3n) is 1.12. The lowest BCUT2D eigenvalue weighted by atomic mass is 10.4. The van der Waals surface area contributed by atoms with Crippen LogP contribution in [-0.2, 0) is 0 Å². The van der Waals surface area contributed by atoms with Crippen LogP contribution >= 0.6 is 0 Å². The highest BCUT2D eigenvalue weighted by Crippen LogP contribution is 2.01. The molecule has 0 radical (unpaired) electrons. The van der Waals surface area contributed by atoms with Crippen LogP contribution in [0.3, 0.4) is 0 Å². The second-order valence-corrected chi connectivity index (χ2v) is 3.57. The lowest BCUT2D eigenvalue weighted by Crippen LogP contribution is -2.38. The highest BCUT2D eigenvalue weighted by atomic mass is 28.4. The molecular formula is C6H6F2OSi. The van der Waals surface area contributed by atoms with Gasteiger partial charge < -0.3 is 4.80 Å². The molecule has 0 unspecified atom stereocenters. The molecule has 0 saturated carbocycles. The monoisotopic (exact) mass is 160 g/mol. The van der Waals surface area contributed by atoms with E-state index in [0.717, 1.165) is 0 Å². The minimum atomic E-state index is -5.03. The summed E-state index contributed by atoms with van der Waals surface area (Å²) in [6.07, 6.45) is 0. The summed E-state index contributed by atoms with van der Waals surface area (Å²) < 4.78 is 24.3. The van der Waals surface area contributed by atoms with E-state index in [1.165, 1.54) is 24.3 Å². The summed E-state index contributed by atoms with van der Waals surface area (Å²) in [6, 6.07) is 7.04. The first kappa shape index (κ1) is 7.36. The fourth-order valence-corrected chi connectivity index (χ4v) is 1.23. The maximum Gasteiger partial charge on any atom is 0.611 e. The average Bonchev–Trinajstić information content (AvgIpc) is 1.88. The normalized spacial score (nSPS) is 11.5. The molecule has 0 aromatic heterocycles. The zero-order valence-corrected chi connectivity index (χ0v) is 6.09. The second kappa shape index (κ2) is 2.47. The summed E-state index contributed by atoms with van der Waals surface area (Å²) in [4.78, 5) is 8.29. The molecule has 0 atom stereocenters. The van der Waals surface area contributed by atoms with Crippen molar-refractivity contribution in [2.24, 2.45) is 0 Å². The van der Waals surface area contributed by atoms with E-state index in [0.29, 0.717) is 0 Å². The number of halogens is 2. The van der Waals surface area contributed by atoms with Crippen molar-refractivity contribution in [3.8, 4) is 0 Å². The fraction of sp³-hybridized carbons (Fsp3) is 0. The fourth-order valence-electron chi connectivity index (χ4n) is 0.639. The van der Waals surface area contributed by atoms with E-state index < -0.39 is 8.99 Å². The van der Waals surface area contributed by atoms with Crippen molar-refractivity contribution in [2.45, 2.75) is 0 Å². The zero-order valence-electron chi connectivity index (χ0n) is 5.09. The topological polar surface area (TPSA) is 20.2 Å². The maximum atomic E-state index is 12.1. The van der Waals surface area contributed by atoms with Gasteiger partial charge in [0.2, 0.25) is 0 Å². The number of benzene rings is 1.